The molecule has 1 atom stereocenters. The predicted octanol–water partition coefficient (Wildman–Crippen LogP) is 2.91. The van der Waals surface area contributed by atoms with Crippen LogP contribution in [0.1, 0.15) is 16.6 Å². The van der Waals surface area contributed by atoms with Gasteiger partial charge in [0.05, 0.1) is 10.5 Å². The number of rotatable bonds is 3. The maximum absolute atomic E-state index is 10.8. The highest BCUT2D eigenvalue weighted by Gasteiger charge is 2.22. The van der Waals surface area contributed by atoms with Crippen LogP contribution in [0.15, 0.2) is 41.1 Å². The summed E-state index contributed by atoms with van der Waals surface area (Å²) in [6, 6.07) is 7.87. The minimum atomic E-state index is -0.680. The quantitative estimate of drug-likeness (QED) is 0.468. The smallest absolute Gasteiger partial charge is 0.274 e. The number of alkyl halides is 1. The molecule has 2 rings (SSSR count). The molecule has 0 bridgehead atoms. The van der Waals surface area contributed by atoms with Gasteiger partial charge in [0.1, 0.15) is 17.3 Å². The van der Waals surface area contributed by atoms with Crippen LogP contribution in [0.3, 0.4) is 0 Å². The van der Waals surface area contributed by atoms with Crippen LogP contribution in [0.2, 0.25) is 0 Å². The number of benzene rings is 1. The largest absolute Gasteiger partial charge is 0.364 e. The zero-order valence-corrected chi connectivity index (χ0v) is 8.79. The summed E-state index contributed by atoms with van der Waals surface area (Å²) in [5, 5.41) is 13.8. The van der Waals surface area contributed by atoms with E-state index in [2.05, 4.69) is 9.68 Å². The first-order valence-electron chi connectivity index (χ1n) is 4.48. The zero-order valence-electron chi connectivity index (χ0n) is 8.04. The molecule has 6 heteroatoms. The van der Waals surface area contributed by atoms with E-state index in [4.69, 9.17) is 11.6 Å². The van der Waals surface area contributed by atoms with E-state index in [0.717, 1.165) is 0 Å². The Labute approximate surface area is 95.8 Å². The molecule has 1 unspecified atom stereocenters. The van der Waals surface area contributed by atoms with Crippen molar-refractivity contribution >= 4 is 17.3 Å². The van der Waals surface area contributed by atoms with Crippen molar-refractivity contribution in [3.63, 3.8) is 0 Å². The molecule has 0 spiro atoms. The molecule has 1 aromatic carbocycles. The van der Waals surface area contributed by atoms with Gasteiger partial charge in [-0.1, -0.05) is 23.4 Å². The number of nitrogens with zero attached hydrogens (tertiary/aromatic N) is 2. The van der Waals surface area contributed by atoms with Gasteiger partial charge < -0.3 is 4.52 Å². The first kappa shape index (κ1) is 10.6. The molecular weight excluding hydrogens is 232 g/mol. The lowest BCUT2D eigenvalue weighted by molar-refractivity contribution is -0.385. The summed E-state index contributed by atoms with van der Waals surface area (Å²) in [7, 11) is 0. The van der Waals surface area contributed by atoms with Crippen molar-refractivity contribution in [2.24, 2.45) is 0 Å². The standard InChI is InChI=1S/C10H7ClN2O3/c11-10(8-5-6-16-12-8)7-3-1-2-4-9(7)13(14)15/h1-6,10H. The van der Waals surface area contributed by atoms with Crippen LogP contribution in [-0.4, -0.2) is 10.1 Å². The van der Waals surface area contributed by atoms with Gasteiger partial charge >= 0.3 is 0 Å². The van der Waals surface area contributed by atoms with E-state index in [1.165, 1.54) is 12.3 Å². The van der Waals surface area contributed by atoms with Crippen molar-refractivity contribution in [2.75, 3.05) is 0 Å². The number of nitro groups is 1. The van der Waals surface area contributed by atoms with Crippen molar-refractivity contribution in [3.05, 3.63) is 58.0 Å². The predicted molar refractivity (Wildman–Crippen MR) is 57.3 cm³/mol. The van der Waals surface area contributed by atoms with Gasteiger partial charge in [0.2, 0.25) is 0 Å². The molecule has 2 aromatic rings. The van der Waals surface area contributed by atoms with E-state index in [1.54, 1.807) is 24.3 Å². The monoisotopic (exact) mass is 238 g/mol. The maximum atomic E-state index is 10.8. The average Bonchev–Trinajstić information content (AvgIpc) is 2.81. The SMILES string of the molecule is O=[N+]([O-])c1ccccc1C(Cl)c1ccon1. The number of halogens is 1. The van der Waals surface area contributed by atoms with Crippen molar-refractivity contribution < 1.29 is 9.45 Å². The van der Waals surface area contributed by atoms with E-state index in [0.29, 0.717) is 11.3 Å². The second-order valence-electron chi connectivity index (χ2n) is 3.10. The lowest BCUT2D eigenvalue weighted by atomic mass is 10.1. The molecule has 0 saturated carbocycles. The first-order chi connectivity index (χ1) is 7.70. The third-order valence-corrected chi connectivity index (χ3v) is 2.58. The van der Waals surface area contributed by atoms with Gasteiger partial charge in [-0.05, 0) is 0 Å². The van der Waals surface area contributed by atoms with Crippen molar-refractivity contribution in [1.29, 1.82) is 0 Å². The molecule has 0 radical (unpaired) electrons. The fourth-order valence-electron chi connectivity index (χ4n) is 1.38. The van der Waals surface area contributed by atoms with Crippen LogP contribution in [0.4, 0.5) is 5.69 Å². The Balaban J connectivity index is 2.44. The van der Waals surface area contributed by atoms with Crippen LogP contribution in [0, 0.1) is 10.1 Å². The topological polar surface area (TPSA) is 69.2 Å². The number of hydrogen-bond acceptors (Lipinski definition) is 4. The van der Waals surface area contributed by atoms with Crippen molar-refractivity contribution in [1.82, 2.24) is 5.16 Å². The minimum absolute atomic E-state index is 0.0227. The van der Waals surface area contributed by atoms with Crippen LogP contribution in [0.5, 0.6) is 0 Å². The first-order valence-corrected chi connectivity index (χ1v) is 4.91. The van der Waals surface area contributed by atoms with Gasteiger partial charge in [-0.15, -0.1) is 11.6 Å². The number of hydrogen-bond donors (Lipinski definition) is 0. The molecule has 5 nitrogen and oxygen atoms in total. The second kappa shape index (κ2) is 4.32. The Hall–Kier alpha value is -1.88. The molecule has 0 aliphatic rings. The molecule has 1 heterocycles. The summed E-state index contributed by atoms with van der Waals surface area (Å²) in [5.41, 5.74) is 0.838. The van der Waals surface area contributed by atoms with Gasteiger partial charge in [-0.3, -0.25) is 10.1 Å². The zero-order chi connectivity index (χ0) is 11.5. The number of aromatic nitrogens is 1. The van der Waals surface area contributed by atoms with Gasteiger partial charge in [0.25, 0.3) is 5.69 Å². The molecule has 82 valence electrons. The highest BCUT2D eigenvalue weighted by Crippen LogP contribution is 2.33. The number of para-hydroxylation sites is 1. The third-order valence-electron chi connectivity index (χ3n) is 2.12. The Morgan fingerprint density at radius 2 is 2.12 bits per heavy atom. The lowest BCUT2D eigenvalue weighted by Crippen LogP contribution is -1.99. The van der Waals surface area contributed by atoms with Gasteiger partial charge in [0.15, 0.2) is 0 Å². The maximum Gasteiger partial charge on any atom is 0.274 e. The van der Waals surface area contributed by atoms with Crippen LogP contribution in [-0.2, 0) is 0 Å². The molecule has 0 fully saturated rings. The van der Waals surface area contributed by atoms with E-state index in [-0.39, 0.29) is 5.69 Å². The molecule has 16 heavy (non-hydrogen) atoms. The fourth-order valence-corrected chi connectivity index (χ4v) is 1.68. The van der Waals surface area contributed by atoms with Crippen molar-refractivity contribution in [2.45, 2.75) is 5.38 Å². The molecule has 0 amide bonds. The van der Waals surface area contributed by atoms with E-state index in [1.807, 2.05) is 0 Å². The second-order valence-corrected chi connectivity index (χ2v) is 3.54. The third kappa shape index (κ3) is 1.90. The number of nitro benzene ring substituents is 1. The van der Waals surface area contributed by atoms with Crippen LogP contribution >= 0.6 is 11.6 Å². The summed E-state index contributed by atoms with van der Waals surface area (Å²) < 4.78 is 4.65. The molecule has 0 aliphatic carbocycles. The fraction of sp³-hybridized carbons (Fsp3) is 0.100. The summed E-state index contributed by atoms with van der Waals surface area (Å²) >= 11 is 6.10. The van der Waals surface area contributed by atoms with E-state index < -0.39 is 10.3 Å². The van der Waals surface area contributed by atoms with Crippen molar-refractivity contribution in [3.8, 4) is 0 Å². The van der Waals surface area contributed by atoms with Gasteiger partial charge in [-0.2, -0.15) is 0 Å². The normalized spacial score (nSPS) is 12.3. The summed E-state index contributed by atoms with van der Waals surface area (Å²) in [6.45, 7) is 0. The Morgan fingerprint density at radius 1 is 1.38 bits per heavy atom. The summed E-state index contributed by atoms with van der Waals surface area (Å²) in [4.78, 5) is 10.3. The molecular formula is C10H7ClN2O3. The Kier molecular flexibility index (Phi) is 2.87. The highest BCUT2D eigenvalue weighted by molar-refractivity contribution is 6.22. The summed E-state index contributed by atoms with van der Waals surface area (Å²) in [6.07, 6.45) is 1.37. The van der Waals surface area contributed by atoms with E-state index in [9.17, 15) is 10.1 Å². The van der Waals surface area contributed by atoms with Gasteiger partial charge in [-0.25, -0.2) is 0 Å². The minimum Gasteiger partial charge on any atom is -0.364 e. The van der Waals surface area contributed by atoms with E-state index >= 15 is 0 Å². The molecule has 0 aliphatic heterocycles. The van der Waals surface area contributed by atoms with Crippen LogP contribution in [0.25, 0.3) is 0 Å². The molecule has 0 saturated heterocycles. The molecule has 0 N–H and O–H groups in total. The van der Waals surface area contributed by atoms with Gasteiger partial charge in [0, 0.05) is 12.1 Å². The summed E-state index contributed by atoms with van der Waals surface area (Å²) in [5.74, 6) is 0. The highest BCUT2D eigenvalue weighted by atomic mass is 35.5. The van der Waals surface area contributed by atoms with Crippen LogP contribution < -0.4 is 0 Å². The molecule has 1 aromatic heterocycles. The lowest BCUT2D eigenvalue weighted by Gasteiger charge is -2.06. The Morgan fingerprint density at radius 3 is 2.75 bits per heavy atom. The Bertz CT molecular complexity index is 499. The average molecular weight is 239 g/mol.